The monoisotopic (exact) mass is 391 g/mol. The van der Waals surface area contributed by atoms with Crippen molar-refractivity contribution in [2.24, 2.45) is 7.05 Å². The standard InChI is InChI=1S/C20H20ClF2N3O/c1-26-8-7-18(25-26)19(10-14-4-5-15(22)11-17(14)23)24-12-13-3-6-20(27-2)16(21)9-13/h3-9,11,19,24H,10,12H2,1-2H3. The van der Waals surface area contributed by atoms with Crippen molar-refractivity contribution in [1.82, 2.24) is 15.1 Å². The van der Waals surface area contributed by atoms with Crippen LogP contribution in [0, 0.1) is 11.6 Å². The molecule has 1 atom stereocenters. The summed E-state index contributed by atoms with van der Waals surface area (Å²) in [6.45, 7) is 0.508. The average molecular weight is 392 g/mol. The number of benzene rings is 2. The third-order valence-electron chi connectivity index (χ3n) is 4.30. The minimum Gasteiger partial charge on any atom is -0.495 e. The zero-order valence-corrected chi connectivity index (χ0v) is 15.8. The fraction of sp³-hybridized carbons (Fsp3) is 0.250. The van der Waals surface area contributed by atoms with E-state index in [0.29, 0.717) is 29.3 Å². The van der Waals surface area contributed by atoms with E-state index in [1.54, 1.807) is 17.9 Å². The molecule has 1 unspecified atom stereocenters. The molecule has 0 fully saturated rings. The largest absolute Gasteiger partial charge is 0.495 e. The van der Waals surface area contributed by atoms with Gasteiger partial charge < -0.3 is 10.1 Å². The molecule has 4 nitrogen and oxygen atoms in total. The van der Waals surface area contributed by atoms with Crippen LogP contribution in [0.15, 0.2) is 48.7 Å². The summed E-state index contributed by atoms with van der Waals surface area (Å²) in [6, 6.07) is 10.8. The van der Waals surface area contributed by atoms with Gasteiger partial charge in [0.15, 0.2) is 0 Å². The smallest absolute Gasteiger partial charge is 0.137 e. The summed E-state index contributed by atoms with van der Waals surface area (Å²) < 4.78 is 34.1. The molecule has 27 heavy (non-hydrogen) atoms. The van der Waals surface area contributed by atoms with Crippen molar-refractivity contribution in [3.63, 3.8) is 0 Å². The number of methoxy groups -OCH3 is 1. The molecule has 2 aromatic carbocycles. The lowest BCUT2D eigenvalue weighted by Crippen LogP contribution is -2.24. The molecule has 0 saturated carbocycles. The van der Waals surface area contributed by atoms with Gasteiger partial charge in [0.2, 0.25) is 0 Å². The topological polar surface area (TPSA) is 39.1 Å². The Morgan fingerprint density at radius 3 is 2.63 bits per heavy atom. The molecule has 0 aliphatic rings. The predicted octanol–water partition coefficient (Wildman–Crippen LogP) is 4.43. The highest BCUT2D eigenvalue weighted by atomic mass is 35.5. The zero-order valence-electron chi connectivity index (χ0n) is 15.0. The maximum absolute atomic E-state index is 14.1. The molecule has 0 radical (unpaired) electrons. The van der Waals surface area contributed by atoms with Crippen molar-refractivity contribution in [2.75, 3.05) is 7.11 Å². The molecular formula is C20H20ClF2N3O. The van der Waals surface area contributed by atoms with Gasteiger partial charge >= 0.3 is 0 Å². The van der Waals surface area contributed by atoms with Crippen molar-refractivity contribution in [1.29, 1.82) is 0 Å². The van der Waals surface area contributed by atoms with Gasteiger partial charge in [-0.3, -0.25) is 4.68 Å². The molecule has 1 aromatic heterocycles. The normalized spacial score (nSPS) is 12.2. The van der Waals surface area contributed by atoms with Crippen LogP contribution < -0.4 is 10.1 Å². The lowest BCUT2D eigenvalue weighted by molar-refractivity contribution is 0.414. The second-order valence-electron chi connectivity index (χ2n) is 6.26. The maximum Gasteiger partial charge on any atom is 0.137 e. The first-order chi connectivity index (χ1) is 13.0. The third-order valence-corrected chi connectivity index (χ3v) is 4.59. The van der Waals surface area contributed by atoms with E-state index in [9.17, 15) is 8.78 Å². The van der Waals surface area contributed by atoms with Crippen molar-refractivity contribution >= 4 is 11.6 Å². The van der Waals surface area contributed by atoms with Crippen LogP contribution in [0.3, 0.4) is 0 Å². The molecule has 1 N–H and O–H groups in total. The number of nitrogens with zero attached hydrogens (tertiary/aromatic N) is 2. The molecule has 0 amide bonds. The Morgan fingerprint density at radius 1 is 1.19 bits per heavy atom. The Morgan fingerprint density at radius 2 is 2.00 bits per heavy atom. The molecule has 0 saturated heterocycles. The van der Waals surface area contributed by atoms with E-state index in [1.807, 2.05) is 31.4 Å². The van der Waals surface area contributed by atoms with Crippen LogP contribution in [0.1, 0.15) is 22.9 Å². The Labute approximate surface area is 161 Å². The van der Waals surface area contributed by atoms with E-state index < -0.39 is 11.6 Å². The van der Waals surface area contributed by atoms with Gasteiger partial charge in [0.25, 0.3) is 0 Å². The average Bonchev–Trinajstić information content (AvgIpc) is 3.06. The molecule has 0 aliphatic carbocycles. The molecule has 3 rings (SSSR count). The van der Waals surface area contributed by atoms with Crippen molar-refractivity contribution in [3.05, 3.63) is 82.1 Å². The number of ether oxygens (including phenoxy) is 1. The first kappa shape index (κ1) is 19.3. The summed E-state index contributed by atoms with van der Waals surface area (Å²) in [5, 5.41) is 8.33. The van der Waals surface area contributed by atoms with E-state index in [4.69, 9.17) is 16.3 Å². The Kier molecular flexibility index (Phi) is 6.08. The number of rotatable bonds is 7. The highest BCUT2D eigenvalue weighted by molar-refractivity contribution is 6.32. The zero-order chi connectivity index (χ0) is 19.4. The van der Waals surface area contributed by atoms with Gasteiger partial charge in [-0.2, -0.15) is 5.10 Å². The number of aromatic nitrogens is 2. The van der Waals surface area contributed by atoms with Gasteiger partial charge in [-0.25, -0.2) is 8.78 Å². The van der Waals surface area contributed by atoms with Crippen molar-refractivity contribution in [2.45, 2.75) is 19.0 Å². The molecule has 0 bridgehead atoms. The summed E-state index contributed by atoms with van der Waals surface area (Å²) in [6.07, 6.45) is 2.17. The highest BCUT2D eigenvalue weighted by Crippen LogP contribution is 2.26. The molecule has 7 heteroatoms. The highest BCUT2D eigenvalue weighted by Gasteiger charge is 2.17. The lowest BCUT2D eigenvalue weighted by atomic mass is 10.0. The van der Waals surface area contributed by atoms with Gasteiger partial charge in [0.05, 0.1) is 23.9 Å². The van der Waals surface area contributed by atoms with Gasteiger partial charge in [0.1, 0.15) is 17.4 Å². The van der Waals surface area contributed by atoms with Crippen molar-refractivity contribution in [3.8, 4) is 5.75 Å². The van der Waals surface area contributed by atoms with Gasteiger partial charge in [0, 0.05) is 25.9 Å². The second-order valence-corrected chi connectivity index (χ2v) is 6.66. The summed E-state index contributed by atoms with van der Waals surface area (Å²) in [7, 11) is 3.38. The van der Waals surface area contributed by atoms with Crippen LogP contribution in [0.4, 0.5) is 8.78 Å². The first-order valence-electron chi connectivity index (χ1n) is 8.45. The van der Waals surface area contributed by atoms with Crippen LogP contribution in [0.25, 0.3) is 0 Å². The van der Waals surface area contributed by atoms with Crippen LogP contribution in [0.2, 0.25) is 5.02 Å². The quantitative estimate of drug-likeness (QED) is 0.647. The van der Waals surface area contributed by atoms with E-state index in [0.717, 1.165) is 17.3 Å². The van der Waals surface area contributed by atoms with E-state index in [1.165, 1.54) is 12.1 Å². The fourth-order valence-electron chi connectivity index (χ4n) is 2.87. The number of nitrogens with one attached hydrogen (secondary N) is 1. The van der Waals surface area contributed by atoms with Gasteiger partial charge in [-0.15, -0.1) is 0 Å². The Bertz CT molecular complexity index is 929. The Balaban J connectivity index is 1.79. The number of halogens is 3. The molecule has 0 aliphatic heterocycles. The number of hydrogen-bond acceptors (Lipinski definition) is 3. The fourth-order valence-corrected chi connectivity index (χ4v) is 3.15. The second kappa shape index (κ2) is 8.50. The summed E-state index contributed by atoms with van der Waals surface area (Å²) in [5.41, 5.74) is 2.16. The van der Waals surface area contributed by atoms with E-state index >= 15 is 0 Å². The van der Waals surface area contributed by atoms with Crippen LogP contribution in [0.5, 0.6) is 5.75 Å². The van der Waals surface area contributed by atoms with E-state index in [-0.39, 0.29) is 6.04 Å². The first-order valence-corrected chi connectivity index (χ1v) is 8.83. The molecule has 1 heterocycles. The minimum absolute atomic E-state index is 0.243. The third kappa shape index (κ3) is 4.84. The minimum atomic E-state index is -0.591. The Hall–Kier alpha value is -2.44. The molecule has 3 aromatic rings. The number of aryl methyl sites for hydroxylation is 1. The molecule has 142 valence electrons. The molecular weight excluding hydrogens is 372 g/mol. The van der Waals surface area contributed by atoms with Crippen LogP contribution in [-0.2, 0) is 20.0 Å². The van der Waals surface area contributed by atoms with Gasteiger partial charge in [-0.05, 0) is 41.8 Å². The number of hydrogen-bond donors (Lipinski definition) is 1. The predicted molar refractivity (Wildman–Crippen MR) is 101 cm³/mol. The summed E-state index contributed by atoms with van der Waals surface area (Å²) in [4.78, 5) is 0. The van der Waals surface area contributed by atoms with Crippen LogP contribution >= 0.6 is 11.6 Å². The van der Waals surface area contributed by atoms with E-state index in [2.05, 4.69) is 10.4 Å². The van der Waals surface area contributed by atoms with Gasteiger partial charge in [-0.1, -0.05) is 23.7 Å². The molecule has 0 spiro atoms. The van der Waals surface area contributed by atoms with Crippen LogP contribution in [-0.4, -0.2) is 16.9 Å². The maximum atomic E-state index is 14.1. The summed E-state index contributed by atoms with van der Waals surface area (Å²) >= 11 is 6.18. The van der Waals surface area contributed by atoms with Crippen molar-refractivity contribution < 1.29 is 13.5 Å². The lowest BCUT2D eigenvalue weighted by Gasteiger charge is -2.18. The summed E-state index contributed by atoms with van der Waals surface area (Å²) in [5.74, 6) is -0.549. The SMILES string of the molecule is COc1ccc(CNC(Cc2ccc(F)cc2F)c2ccn(C)n2)cc1Cl.